The molecule has 17 heavy (non-hydrogen) atoms. The van der Waals surface area contributed by atoms with Crippen LogP contribution in [0.3, 0.4) is 0 Å². The molecule has 0 amide bonds. The average Bonchev–Trinajstić information content (AvgIpc) is 2.33. The Kier molecular flexibility index (Phi) is 3.67. The second-order valence-corrected chi connectivity index (χ2v) is 4.44. The molecule has 0 saturated carbocycles. The molecule has 0 spiro atoms. The Balaban J connectivity index is 2.62. The summed E-state index contributed by atoms with van der Waals surface area (Å²) in [7, 11) is 0. The summed E-state index contributed by atoms with van der Waals surface area (Å²) in [6.45, 7) is -0.147. The van der Waals surface area contributed by atoms with E-state index in [0.29, 0.717) is 26.7 Å². The normalized spacial score (nSPS) is 10.6. The molecule has 0 bridgehead atoms. The van der Waals surface area contributed by atoms with Crippen molar-refractivity contribution in [3.05, 3.63) is 57.8 Å². The van der Waals surface area contributed by atoms with Gasteiger partial charge in [-0.15, -0.1) is 0 Å². The van der Waals surface area contributed by atoms with Gasteiger partial charge in [0.1, 0.15) is 5.82 Å². The monoisotopic (exact) mass is 270 g/mol. The molecule has 2 aromatic carbocycles. The molecule has 2 rings (SSSR count). The molecule has 0 heterocycles. The Bertz CT molecular complexity index is 555. The molecule has 1 nitrogen and oxygen atoms in total. The van der Waals surface area contributed by atoms with E-state index >= 15 is 0 Å². The third kappa shape index (κ3) is 2.60. The van der Waals surface area contributed by atoms with E-state index in [1.807, 2.05) is 0 Å². The number of hydrogen-bond acceptors (Lipinski definition) is 1. The summed E-state index contributed by atoms with van der Waals surface area (Å²) >= 11 is 11.9. The average molecular weight is 271 g/mol. The Morgan fingerprint density at radius 2 is 1.76 bits per heavy atom. The molecule has 0 atom stereocenters. The summed E-state index contributed by atoms with van der Waals surface area (Å²) in [6.07, 6.45) is 0. The van der Waals surface area contributed by atoms with E-state index in [1.165, 1.54) is 12.1 Å². The third-order valence-electron chi connectivity index (χ3n) is 2.43. The van der Waals surface area contributed by atoms with Crippen LogP contribution >= 0.6 is 23.2 Å². The Morgan fingerprint density at radius 3 is 2.47 bits per heavy atom. The molecule has 0 aromatic heterocycles. The zero-order valence-corrected chi connectivity index (χ0v) is 10.3. The molecule has 0 radical (unpaired) electrons. The number of rotatable bonds is 2. The van der Waals surface area contributed by atoms with E-state index in [-0.39, 0.29) is 6.61 Å². The second-order valence-electron chi connectivity index (χ2n) is 3.60. The number of benzene rings is 2. The van der Waals surface area contributed by atoms with Gasteiger partial charge >= 0.3 is 0 Å². The van der Waals surface area contributed by atoms with Gasteiger partial charge in [0.2, 0.25) is 0 Å². The molecule has 0 aliphatic rings. The first kappa shape index (κ1) is 12.4. The van der Waals surface area contributed by atoms with Crippen molar-refractivity contribution in [2.45, 2.75) is 6.61 Å². The molecular formula is C13H9Cl2FO. The molecule has 0 saturated heterocycles. The molecule has 4 heteroatoms. The van der Waals surface area contributed by atoms with Crippen molar-refractivity contribution in [3.8, 4) is 11.1 Å². The van der Waals surface area contributed by atoms with Crippen LogP contribution in [-0.4, -0.2) is 5.11 Å². The van der Waals surface area contributed by atoms with Crippen molar-refractivity contribution in [1.29, 1.82) is 0 Å². The van der Waals surface area contributed by atoms with E-state index in [2.05, 4.69) is 0 Å². The van der Waals surface area contributed by atoms with E-state index in [4.69, 9.17) is 28.3 Å². The lowest BCUT2D eigenvalue weighted by molar-refractivity contribution is 0.282. The highest BCUT2D eigenvalue weighted by molar-refractivity contribution is 6.35. The number of hydrogen-bond donors (Lipinski definition) is 1. The first-order valence-electron chi connectivity index (χ1n) is 4.96. The fraction of sp³-hybridized carbons (Fsp3) is 0.0769. The largest absolute Gasteiger partial charge is 0.392 e. The fourth-order valence-corrected chi connectivity index (χ4v) is 1.97. The predicted molar refractivity (Wildman–Crippen MR) is 67.8 cm³/mol. The summed E-state index contributed by atoms with van der Waals surface area (Å²) in [5.41, 5.74) is 1.48. The minimum absolute atomic E-state index is 0.147. The van der Waals surface area contributed by atoms with Crippen molar-refractivity contribution in [2.24, 2.45) is 0 Å². The molecule has 2 aromatic rings. The smallest absolute Gasteiger partial charge is 0.131 e. The fourth-order valence-electron chi connectivity index (χ4n) is 1.58. The van der Waals surface area contributed by atoms with Gasteiger partial charge in [0.25, 0.3) is 0 Å². The molecule has 0 aliphatic carbocycles. The second kappa shape index (κ2) is 5.05. The first-order valence-corrected chi connectivity index (χ1v) is 5.72. The predicted octanol–water partition coefficient (Wildman–Crippen LogP) is 4.29. The van der Waals surface area contributed by atoms with Crippen molar-refractivity contribution in [2.75, 3.05) is 0 Å². The van der Waals surface area contributed by atoms with Crippen LogP contribution < -0.4 is 0 Å². The number of aliphatic hydroxyl groups excluding tert-OH is 1. The highest BCUT2D eigenvalue weighted by atomic mass is 35.5. The SMILES string of the molecule is OCc1ccc(F)c(-c2cc(Cl)ccc2Cl)c1. The lowest BCUT2D eigenvalue weighted by Gasteiger charge is -2.08. The van der Waals surface area contributed by atoms with Crippen LogP contribution in [0.15, 0.2) is 36.4 Å². The van der Waals surface area contributed by atoms with Gasteiger partial charge in [0, 0.05) is 21.2 Å². The van der Waals surface area contributed by atoms with E-state index in [9.17, 15) is 4.39 Å². The highest BCUT2D eigenvalue weighted by Gasteiger charge is 2.10. The van der Waals surface area contributed by atoms with Crippen molar-refractivity contribution >= 4 is 23.2 Å². The zero-order valence-electron chi connectivity index (χ0n) is 8.75. The molecule has 1 N–H and O–H groups in total. The quantitative estimate of drug-likeness (QED) is 0.863. The van der Waals surface area contributed by atoms with Gasteiger partial charge in [-0.3, -0.25) is 0 Å². The van der Waals surface area contributed by atoms with Crippen molar-refractivity contribution in [1.82, 2.24) is 0 Å². The first-order chi connectivity index (χ1) is 8.11. The summed E-state index contributed by atoms with van der Waals surface area (Å²) in [5.74, 6) is -0.397. The van der Waals surface area contributed by atoms with Gasteiger partial charge in [-0.2, -0.15) is 0 Å². The maximum absolute atomic E-state index is 13.7. The van der Waals surface area contributed by atoms with Crippen LogP contribution in [0.5, 0.6) is 0 Å². The lowest BCUT2D eigenvalue weighted by Crippen LogP contribution is -1.90. The third-order valence-corrected chi connectivity index (χ3v) is 3.00. The molecular weight excluding hydrogens is 262 g/mol. The molecule has 0 aliphatic heterocycles. The number of halogens is 3. The van der Waals surface area contributed by atoms with Crippen LogP contribution in [0.2, 0.25) is 10.0 Å². The minimum Gasteiger partial charge on any atom is -0.392 e. The van der Waals surface area contributed by atoms with E-state index in [1.54, 1.807) is 24.3 Å². The summed E-state index contributed by atoms with van der Waals surface area (Å²) in [5, 5.41) is 9.95. The molecule has 88 valence electrons. The molecule has 0 unspecified atom stereocenters. The maximum Gasteiger partial charge on any atom is 0.131 e. The van der Waals surface area contributed by atoms with Crippen LogP contribution in [0.25, 0.3) is 11.1 Å². The molecule has 0 fully saturated rings. The van der Waals surface area contributed by atoms with Crippen molar-refractivity contribution < 1.29 is 9.50 Å². The lowest BCUT2D eigenvalue weighted by atomic mass is 10.0. The maximum atomic E-state index is 13.7. The van der Waals surface area contributed by atoms with Gasteiger partial charge < -0.3 is 5.11 Å². The Labute approximate surface area is 108 Å². The Morgan fingerprint density at radius 1 is 1.00 bits per heavy atom. The van der Waals surface area contributed by atoms with E-state index in [0.717, 1.165) is 0 Å². The van der Waals surface area contributed by atoms with Gasteiger partial charge in [-0.05, 0) is 35.9 Å². The standard InChI is InChI=1S/C13H9Cl2FO/c14-9-2-3-12(15)10(6-9)11-5-8(7-17)1-4-13(11)16/h1-6,17H,7H2. The minimum atomic E-state index is -0.397. The zero-order chi connectivity index (χ0) is 12.4. The van der Waals surface area contributed by atoms with Crippen LogP contribution in [-0.2, 0) is 6.61 Å². The summed E-state index contributed by atoms with van der Waals surface area (Å²) in [4.78, 5) is 0. The highest BCUT2D eigenvalue weighted by Crippen LogP contribution is 2.32. The summed E-state index contributed by atoms with van der Waals surface area (Å²) < 4.78 is 13.7. The Hall–Kier alpha value is -1.09. The van der Waals surface area contributed by atoms with Gasteiger partial charge in [-0.25, -0.2) is 4.39 Å². The van der Waals surface area contributed by atoms with E-state index < -0.39 is 5.82 Å². The summed E-state index contributed by atoms with van der Waals surface area (Å²) in [6, 6.07) is 9.25. The van der Waals surface area contributed by atoms with Gasteiger partial charge in [0.15, 0.2) is 0 Å². The van der Waals surface area contributed by atoms with Gasteiger partial charge in [-0.1, -0.05) is 29.3 Å². The van der Waals surface area contributed by atoms with Crippen LogP contribution in [0.4, 0.5) is 4.39 Å². The van der Waals surface area contributed by atoms with Gasteiger partial charge in [0.05, 0.1) is 6.61 Å². The van der Waals surface area contributed by atoms with Crippen molar-refractivity contribution in [3.63, 3.8) is 0 Å². The van der Waals surface area contributed by atoms with Crippen LogP contribution in [0, 0.1) is 5.82 Å². The topological polar surface area (TPSA) is 20.2 Å². The number of aliphatic hydroxyl groups is 1. The van der Waals surface area contributed by atoms with Crippen LogP contribution in [0.1, 0.15) is 5.56 Å².